The number of nitrogens with zero attached hydrogens (tertiary/aromatic N) is 2. The maximum Gasteiger partial charge on any atom is 0.236 e. The van der Waals surface area contributed by atoms with E-state index in [4.69, 9.17) is 4.74 Å². The molecule has 1 unspecified atom stereocenters. The molecule has 0 bridgehead atoms. The molecule has 1 amide bonds. The molecule has 0 aromatic heterocycles. The van der Waals surface area contributed by atoms with Crippen molar-refractivity contribution in [2.45, 2.75) is 38.8 Å². The normalized spacial score (nSPS) is 23.9. The van der Waals surface area contributed by atoms with Crippen LogP contribution < -0.4 is 5.32 Å². The third kappa shape index (κ3) is 5.86. The Morgan fingerprint density at radius 2 is 2.09 bits per heavy atom. The average Bonchev–Trinajstić information content (AvgIpc) is 2.47. The summed E-state index contributed by atoms with van der Waals surface area (Å²) in [5.74, 6) is 0.0755. The van der Waals surface area contributed by atoms with E-state index in [1.807, 2.05) is 18.7 Å². The van der Waals surface area contributed by atoms with Crippen molar-refractivity contribution >= 4 is 28.3 Å². The zero-order valence-electron chi connectivity index (χ0n) is 13.9. The molecular formula is C14H28ClN3O4S. The van der Waals surface area contributed by atoms with E-state index in [0.29, 0.717) is 26.2 Å². The number of amides is 1. The summed E-state index contributed by atoms with van der Waals surface area (Å²) in [4.78, 5) is 13.8. The molecule has 0 spiro atoms. The number of ether oxygens (including phenoxy) is 1. The van der Waals surface area contributed by atoms with Crippen LogP contribution in [-0.2, 0) is 19.6 Å². The van der Waals surface area contributed by atoms with Crippen LogP contribution in [0.1, 0.15) is 26.7 Å². The summed E-state index contributed by atoms with van der Waals surface area (Å²) in [6.07, 6.45) is 1.70. The Labute approximate surface area is 145 Å². The van der Waals surface area contributed by atoms with Crippen LogP contribution in [0, 0.1) is 0 Å². The van der Waals surface area contributed by atoms with Crippen molar-refractivity contribution in [2.75, 3.05) is 45.1 Å². The minimum absolute atomic E-state index is 0. The van der Waals surface area contributed by atoms with Crippen molar-refractivity contribution in [3.05, 3.63) is 0 Å². The first-order valence-corrected chi connectivity index (χ1v) is 9.60. The molecule has 0 aliphatic carbocycles. The van der Waals surface area contributed by atoms with E-state index in [1.165, 1.54) is 4.31 Å². The lowest BCUT2D eigenvalue weighted by atomic mass is 10.1. The molecule has 9 heteroatoms. The largest absolute Gasteiger partial charge is 0.378 e. The van der Waals surface area contributed by atoms with Crippen LogP contribution in [0.2, 0.25) is 0 Å². The molecule has 2 aliphatic rings. The number of carbonyl (C=O) groups is 1. The van der Waals surface area contributed by atoms with Gasteiger partial charge in [-0.3, -0.25) is 4.79 Å². The van der Waals surface area contributed by atoms with Gasteiger partial charge in [-0.2, -0.15) is 4.31 Å². The van der Waals surface area contributed by atoms with E-state index in [-0.39, 0.29) is 42.8 Å². The summed E-state index contributed by atoms with van der Waals surface area (Å²) >= 11 is 0. The van der Waals surface area contributed by atoms with Crippen LogP contribution >= 0.6 is 12.4 Å². The number of rotatable bonds is 6. The third-order valence-electron chi connectivity index (χ3n) is 4.11. The second kappa shape index (κ2) is 9.17. The maximum absolute atomic E-state index is 12.4. The molecule has 1 N–H and O–H groups in total. The number of hydrogen-bond acceptors (Lipinski definition) is 5. The maximum atomic E-state index is 12.4. The quantitative estimate of drug-likeness (QED) is 0.716. The zero-order valence-corrected chi connectivity index (χ0v) is 15.5. The SMILES string of the molecule is CC(C)OCCS(=O)(=O)N1CCCC(N2CCNCC2=O)C1.Cl. The van der Waals surface area contributed by atoms with Crippen LogP contribution in [0.4, 0.5) is 0 Å². The number of sulfonamides is 1. The topological polar surface area (TPSA) is 79.0 Å². The van der Waals surface area contributed by atoms with E-state index >= 15 is 0 Å². The Balaban J connectivity index is 0.00000264. The van der Waals surface area contributed by atoms with Gasteiger partial charge in [0.15, 0.2) is 0 Å². The molecule has 2 heterocycles. The van der Waals surface area contributed by atoms with Crippen molar-refractivity contribution in [3.8, 4) is 0 Å². The summed E-state index contributed by atoms with van der Waals surface area (Å²) in [7, 11) is -3.31. The molecule has 2 saturated heterocycles. The van der Waals surface area contributed by atoms with Crippen molar-refractivity contribution in [1.29, 1.82) is 0 Å². The Morgan fingerprint density at radius 3 is 2.74 bits per heavy atom. The first kappa shape index (κ1) is 20.6. The van der Waals surface area contributed by atoms with E-state index in [1.54, 1.807) is 0 Å². The lowest BCUT2D eigenvalue weighted by Crippen LogP contribution is -2.57. The minimum atomic E-state index is -3.31. The van der Waals surface area contributed by atoms with Crippen LogP contribution in [0.15, 0.2) is 0 Å². The monoisotopic (exact) mass is 369 g/mol. The van der Waals surface area contributed by atoms with Crippen LogP contribution in [0.5, 0.6) is 0 Å². The number of carbonyl (C=O) groups excluding carboxylic acids is 1. The fourth-order valence-corrected chi connectivity index (χ4v) is 4.32. The summed E-state index contributed by atoms with van der Waals surface area (Å²) in [6.45, 7) is 6.74. The second-order valence-corrected chi connectivity index (χ2v) is 8.24. The van der Waals surface area contributed by atoms with Gasteiger partial charge in [0.1, 0.15) is 0 Å². The van der Waals surface area contributed by atoms with Crippen molar-refractivity contribution in [1.82, 2.24) is 14.5 Å². The molecule has 136 valence electrons. The lowest BCUT2D eigenvalue weighted by molar-refractivity contribution is -0.135. The Morgan fingerprint density at radius 1 is 1.35 bits per heavy atom. The second-order valence-electron chi connectivity index (χ2n) is 6.15. The number of hydrogen-bond donors (Lipinski definition) is 1. The number of halogens is 1. The zero-order chi connectivity index (χ0) is 16.2. The first-order valence-electron chi connectivity index (χ1n) is 8.00. The molecular weight excluding hydrogens is 342 g/mol. The smallest absolute Gasteiger partial charge is 0.236 e. The molecule has 7 nitrogen and oxygen atoms in total. The van der Waals surface area contributed by atoms with Gasteiger partial charge in [0.2, 0.25) is 15.9 Å². The minimum Gasteiger partial charge on any atom is -0.378 e. The van der Waals surface area contributed by atoms with Gasteiger partial charge in [-0.15, -0.1) is 12.4 Å². The molecule has 0 saturated carbocycles. The predicted octanol–water partition coefficient (Wildman–Crippen LogP) is 0.0592. The van der Waals surface area contributed by atoms with Gasteiger partial charge in [-0.05, 0) is 26.7 Å². The van der Waals surface area contributed by atoms with Crippen LogP contribution in [0.3, 0.4) is 0 Å². The van der Waals surface area contributed by atoms with E-state index < -0.39 is 10.0 Å². The van der Waals surface area contributed by atoms with E-state index in [9.17, 15) is 13.2 Å². The molecule has 1 atom stereocenters. The first-order chi connectivity index (χ1) is 10.4. The Hall–Kier alpha value is -0.410. The fourth-order valence-electron chi connectivity index (χ4n) is 2.95. The summed E-state index contributed by atoms with van der Waals surface area (Å²) < 4.78 is 31.7. The number of piperazine rings is 1. The highest BCUT2D eigenvalue weighted by molar-refractivity contribution is 7.89. The van der Waals surface area contributed by atoms with Gasteiger partial charge in [0.05, 0.1) is 25.0 Å². The predicted molar refractivity (Wildman–Crippen MR) is 91.3 cm³/mol. The van der Waals surface area contributed by atoms with Crippen molar-refractivity contribution < 1.29 is 17.9 Å². The van der Waals surface area contributed by atoms with Crippen LogP contribution in [0.25, 0.3) is 0 Å². The van der Waals surface area contributed by atoms with Gasteiger partial charge in [0, 0.05) is 32.2 Å². The number of piperidine rings is 1. The molecule has 2 fully saturated rings. The summed E-state index contributed by atoms with van der Waals surface area (Å²) in [6, 6.07) is 0.00384. The third-order valence-corrected chi connectivity index (χ3v) is 5.91. The van der Waals surface area contributed by atoms with Gasteiger partial charge in [-0.1, -0.05) is 0 Å². The van der Waals surface area contributed by atoms with Crippen molar-refractivity contribution in [2.24, 2.45) is 0 Å². The van der Waals surface area contributed by atoms with Gasteiger partial charge >= 0.3 is 0 Å². The summed E-state index contributed by atoms with van der Waals surface area (Å²) in [5, 5.41) is 3.04. The fraction of sp³-hybridized carbons (Fsp3) is 0.929. The highest BCUT2D eigenvalue weighted by atomic mass is 35.5. The average molecular weight is 370 g/mol. The molecule has 23 heavy (non-hydrogen) atoms. The Bertz CT molecular complexity index is 486. The van der Waals surface area contributed by atoms with E-state index in [2.05, 4.69) is 5.32 Å². The Kier molecular flexibility index (Phi) is 8.23. The van der Waals surface area contributed by atoms with E-state index in [0.717, 1.165) is 19.4 Å². The van der Waals surface area contributed by atoms with Crippen molar-refractivity contribution in [3.63, 3.8) is 0 Å². The molecule has 0 aromatic carbocycles. The summed E-state index contributed by atoms with van der Waals surface area (Å²) in [5.41, 5.74) is 0. The molecule has 0 aromatic rings. The number of nitrogens with one attached hydrogen (secondary N) is 1. The molecule has 0 radical (unpaired) electrons. The van der Waals surface area contributed by atoms with Crippen LogP contribution in [-0.4, -0.2) is 80.8 Å². The lowest BCUT2D eigenvalue weighted by Gasteiger charge is -2.40. The van der Waals surface area contributed by atoms with Gasteiger partial charge < -0.3 is 15.0 Å². The van der Waals surface area contributed by atoms with Gasteiger partial charge in [0.25, 0.3) is 0 Å². The molecule has 2 rings (SSSR count). The highest BCUT2D eigenvalue weighted by Crippen LogP contribution is 2.19. The standard InChI is InChI=1S/C14H27N3O4S.ClH/c1-12(2)21-8-9-22(19,20)16-6-3-4-13(11-16)17-7-5-15-10-14(17)18;/h12-13,15H,3-11H2,1-2H3;1H. The highest BCUT2D eigenvalue weighted by Gasteiger charge is 2.34. The molecule has 2 aliphatic heterocycles. The van der Waals surface area contributed by atoms with Gasteiger partial charge in [-0.25, -0.2) is 8.42 Å².